The summed E-state index contributed by atoms with van der Waals surface area (Å²) >= 11 is 0. The minimum Gasteiger partial charge on any atom is -0.276 e. The molecular weight excluding hydrogens is 382 g/mol. The molecular formula is C23H25N3O2S. The lowest BCUT2D eigenvalue weighted by atomic mass is 9.87. The maximum Gasteiger partial charge on any atom is 0.243 e. The first kappa shape index (κ1) is 18.6. The second-order valence-electron chi connectivity index (χ2n) is 8.13. The van der Waals surface area contributed by atoms with Crippen LogP contribution < -0.4 is 0 Å². The number of nitrogens with zero attached hydrogens (tertiary/aromatic N) is 3. The van der Waals surface area contributed by atoms with E-state index in [1.165, 1.54) is 23.1 Å². The Hall–Kier alpha value is -2.44. The number of aryl methyl sites for hydroxylation is 3. The minimum atomic E-state index is -3.57. The van der Waals surface area contributed by atoms with Gasteiger partial charge in [0.05, 0.1) is 11.1 Å². The maximum absolute atomic E-state index is 13.6. The Morgan fingerprint density at radius 1 is 1.00 bits per heavy atom. The van der Waals surface area contributed by atoms with Crippen LogP contribution in [0.2, 0.25) is 0 Å². The lowest BCUT2D eigenvalue weighted by Gasteiger charge is -2.34. The van der Waals surface area contributed by atoms with Crippen LogP contribution in [0.4, 0.5) is 0 Å². The van der Waals surface area contributed by atoms with E-state index in [0.717, 1.165) is 30.4 Å². The molecule has 2 aromatic carbocycles. The molecule has 3 aromatic rings. The van der Waals surface area contributed by atoms with Crippen LogP contribution >= 0.6 is 0 Å². The van der Waals surface area contributed by atoms with E-state index in [4.69, 9.17) is 0 Å². The number of hydrogen-bond acceptors (Lipinski definition) is 3. The fraction of sp³-hybridized carbons (Fsp3) is 0.348. The summed E-state index contributed by atoms with van der Waals surface area (Å²) < 4.78 is 30.5. The summed E-state index contributed by atoms with van der Waals surface area (Å²) in [5, 5.41) is 4.31. The van der Waals surface area contributed by atoms with Gasteiger partial charge < -0.3 is 0 Å². The third kappa shape index (κ3) is 3.30. The van der Waals surface area contributed by atoms with Crippen LogP contribution in [0.25, 0.3) is 0 Å². The van der Waals surface area contributed by atoms with Gasteiger partial charge in [-0.1, -0.05) is 30.3 Å². The molecule has 0 amide bonds. The van der Waals surface area contributed by atoms with Crippen LogP contribution in [-0.2, 0) is 36.5 Å². The largest absolute Gasteiger partial charge is 0.276 e. The zero-order valence-electron chi connectivity index (χ0n) is 16.6. The van der Waals surface area contributed by atoms with Crippen molar-refractivity contribution in [1.29, 1.82) is 0 Å². The summed E-state index contributed by atoms with van der Waals surface area (Å²) in [5.74, 6) is -0.0129. The highest BCUT2D eigenvalue weighted by molar-refractivity contribution is 7.89. The van der Waals surface area contributed by atoms with Crippen LogP contribution in [0.5, 0.6) is 0 Å². The van der Waals surface area contributed by atoms with Gasteiger partial charge in [0.2, 0.25) is 10.0 Å². The maximum atomic E-state index is 13.6. The van der Waals surface area contributed by atoms with Crippen molar-refractivity contribution in [1.82, 2.24) is 14.1 Å². The topological polar surface area (TPSA) is 55.2 Å². The van der Waals surface area contributed by atoms with Gasteiger partial charge in [-0.2, -0.15) is 9.40 Å². The molecule has 1 aromatic heterocycles. The highest BCUT2D eigenvalue weighted by Crippen LogP contribution is 2.36. The molecule has 6 heteroatoms. The van der Waals surface area contributed by atoms with E-state index in [9.17, 15) is 8.42 Å². The molecule has 29 heavy (non-hydrogen) atoms. The second-order valence-corrected chi connectivity index (χ2v) is 10.1. The van der Waals surface area contributed by atoms with Crippen molar-refractivity contribution in [2.75, 3.05) is 6.54 Å². The molecule has 5 nitrogen and oxygen atoms in total. The van der Waals surface area contributed by atoms with Crippen molar-refractivity contribution < 1.29 is 8.42 Å². The molecule has 1 atom stereocenters. The van der Waals surface area contributed by atoms with E-state index < -0.39 is 10.0 Å². The van der Waals surface area contributed by atoms with Gasteiger partial charge in [0.25, 0.3) is 0 Å². The molecule has 2 heterocycles. The number of rotatable bonds is 3. The molecule has 1 unspecified atom stereocenters. The molecule has 0 N–H and O–H groups in total. The Balaban J connectivity index is 1.54. The Bertz CT molecular complexity index is 1170. The van der Waals surface area contributed by atoms with Crippen molar-refractivity contribution in [3.8, 4) is 0 Å². The summed E-state index contributed by atoms with van der Waals surface area (Å²) in [5.41, 5.74) is 5.79. The summed E-state index contributed by atoms with van der Waals surface area (Å²) in [6.45, 7) is 0.842. The van der Waals surface area contributed by atoms with E-state index in [1.807, 2.05) is 49.8 Å². The quantitative estimate of drug-likeness (QED) is 0.666. The summed E-state index contributed by atoms with van der Waals surface area (Å²) in [6, 6.07) is 13.9. The molecule has 1 aliphatic carbocycles. The molecule has 0 spiro atoms. The predicted molar refractivity (Wildman–Crippen MR) is 112 cm³/mol. The Morgan fingerprint density at radius 2 is 1.79 bits per heavy atom. The zero-order chi connectivity index (χ0) is 20.0. The second kappa shape index (κ2) is 7.11. The molecule has 5 rings (SSSR count). The first-order valence-corrected chi connectivity index (χ1v) is 11.6. The Morgan fingerprint density at radius 3 is 2.59 bits per heavy atom. The Kier molecular flexibility index (Phi) is 4.56. The van der Waals surface area contributed by atoms with E-state index >= 15 is 0 Å². The van der Waals surface area contributed by atoms with E-state index in [1.54, 1.807) is 15.1 Å². The van der Waals surface area contributed by atoms with Gasteiger partial charge in [-0.05, 0) is 65.6 Å². The highest BCUT2D eigenvalue weighted by atomic mass is 32.2. The molecule has 0 radical (unpaired) electrons. The van der Waals surface area contributed by atoms with Gasteiger partial charge in [0, 0.05) is 32.3 Å². The first-order chi connectivity index (χ1) is 14.0. The number of aromatic nitrogens is 2. The van der Waals surface area contributed by atoms with Crippen LogP contribution in [-0.4, -0.2) is 29.0 Å². The molecule has 1 aliphatic heterocycles. The highest BCUT2D eigenvalue weighted by Gasteiger charge is 2.34. The third-order valence-electron chi connectivity index (χ3n) is 6.25. The van der Waals surface area contributed by atoms with Crippen molar-refractivity contribution in [3.63, 3.8) is 0 Å². The minimum absolute atomic E-state index is 0.0129. The van der Waals surface area contributed by atoms with Crippen molar-refractivity contribution >= 4 is 10.0 Å². The van der Waals surface area contributed by atoms with Gasteiger partial charge in [-0.25, -0.2) is 8.42 Å². The smallest absolute Gasteiger partial charge is 0.243 e. The van der Waals surface area contributed by atoms with Crippen LogP contribution in [0.3, 0.4) is 0 Å². The number of fused-ring (bicyclic) bond motifs is 2. The fourth-order valence-corrected chi connectivity index (χ4v) is 6.17. The average molecular weight is 408 g/mol. The van der Waals surface area contributed by atoms with Crippen LogP contribution in [0, 0.1) is 0 Å². The average Bonchev–Trinajstić information content (AvgIpc) is 3.18. The monoisotopic (exact) mass is 407 g/mol. The number of hydrogen-bond donors (Lipinski definition) is 0. The summed E-state index contributed by atoms with van der Waals surface area (Å²) in [7, 11) is -1.68. The lowest BCUT2D eigenvalue weighted by Crippen LogP contribution is -2.38. The summed E-state index contributed by atoms with van der Waals surface area (Å²) in [4.78, 5) is 0.419. The SMILES string of the molecule is Cn1cc(C2CN(S(=O)(=O)c3ccc4c(c3)CCCC4)Cc3ccccc32)cn1. The third-order valence-corrected chi connectivity index (χ3v) is 8.06. The fourth-order valence-electron chi connectivity index (χ4n) is 4.68. The molecule has 150 valence electrons. The zero-order valence-corrected chi connectivity index (χ0v) is 17.4. The molecule has 0 saturated heterocycles. The first-order valence-electron chi connectivity index (χ1n) is 10.2. The van der Waals surface area contributed by atoms with E-state index in [0.29, 0.717) is 18.0 Å². The Labute approximate surface area is 172 Å². The lowest BCUT2D eigenvalue weighted by molar-refractivity contribution is 0.371. The number of benzene rings is 2. The van der Waals surface area contributed by atoms with Crippen molar-refractivity contribution in [3.05, 3.63) is 82.7 Å². The molecule has 0 fully saturated rings. The molecule has 0 saturated carbocycles. The van der Waals surface area contributed by atoms with E-state index in [-0.39, 0.29) is 5.92 Å². The number of sulfonamides is 1. The normalized spacial score (nSPS) is 19.6. The predicted octanol–water partition coefficient (Wildman–Crippen LogP) is 3.64. The van der Waals surface area contributed by atoms with Crippen molar-refractivity contribution in [2.24, 2.45) is 7.05 Å². The van der Waals surface area contributed by atoms with Gasteiger partial charge in [0.15, 0.2) is 0 Å². The van der Waals surface area contributed by atoms with Gasteiger partial charge in [-0.3, -0.25) is 4.68 Å². The molecule has 2 aliphatic rings. The standard InChI is InChI=1S/C23H25N3O2S/c1-25-14-20(13-24-25)23-16-26(15-19-8-4-5-9-22(19)23)29(27,28)21-11-10-17-6-2-3-7-18(17)12-21/h4-5,8-14,23H,2-3,6-7,15-16H2,1H3. The van der Waals surface area contributed by atoms with Gasteiger partial charge >= 0.3 is 0 Å². The van der Waals surface area contributed by atoms with Crippen LogP contribution in [0.15, 0.2) is 59.8 Å². The van der Waals surface area contributed by atoms with Gasteiger partial charge in [0.1, 0.15) is 0 Å². The van der Waals surface area contributed by atoms with Gasteiger partial charge in [-0.15, -0.1) is 0 Å². The molecule has 0 bridgehead atoms. The van der Waals surface area contributed by atoms with Crippen LogP contribution in [0.1, 0.15) is 46.6 Å². The van der Waals surface area contributed by atoms with Crippen molar-refractivity contribution in [2.45, 2.75) is 43.0 Å². The summed E-state index contributed by atoms with van der Waals surface area (Å²) in [6.07, 6.45) is 8.17. The van der Waals surface area contributed by atoms with E-state index in [2.05, 4.69) is 11.2 Å².